The van der Waals surface area contributed by atoms with Gasteiger partial charge >= 0.3 is 18.4 Å². The minimum atomic E-state index is -4.99. The van der Waals surface area contributed by atoms with Crippen molar-refractivity contribution in [1.29, 1.82) is 0 Å². The topological polar surface area (TPSA) is 44.8 Å². The molecule has 2 saturated heterocycles. The van der Waals surface area contributed by atoms with Crippen molar-refractivity contribution in [3.8, 4) is 0 Å². The van der Waals surface area contributed by atoms with E-state index in [4.69, 9.17) is 4.74 Å². The van der Waals surface area contributed by atoms with Crippen LogP contribution in [0.4, 0.5) is 35.5 Å². The maximum atomic E-state index is 14.0. The number of rotatable bonds is 5. The highest BCUT2D eigenvalue weighted by Gasteiger charge is 2.47. The first kappa shape index (κ1) is 30.7. The van der Waals surface area contributed by atoms with Gasteiger partial charge in [-0.25, -0.2) is 9.18 Å². The molecule has 0 radical (unpaired) electrons. The van der Waals surface area contributed by atoms with Crippen LogP contribution in [0.3, 0.4) is 0 Å². The standard InChI is InChI=1S/C29H32F7N3O2/c1-17-11-22(30)5-6-23(17)25-15-27(8-7-24(37-27)18(2)41-4)9-10-39(25)26(40)38(3)16-19-12-20(28(31,32)33)14-21(13-19)29(34,35)36/h5-6,11-14,24-25,37H,2,7-10,15-16H2,1,3-4H3/t24-,25-,27+/m1/s1. The molecule has 2 aliphatic rings. The number of ether oxygens (including phenoxy) is 1. The number of alkyl halides is 6. The largest absolute Gasteiger partial charge is 0.500 e. The lowest BCUT2D eigenvalue weighted by Crippen LogP contribution is -2.56. The van der Waals surface area contributed by atoms with E-state index in [0.29, 0.717) is 41.9 Å². The van der Waals surface area contributed by atoms with Gasteiger partial charge in [0.1, 0.15) is 11.6 Å². The van der Waals surface area contributed by atoms with Gasteiger partial charge in [0.25, 0.3) is 0 Å². The number of halogens is 7. The Kier molecular flexibility index (Phi) is 8.37. The number of carbonyl (C=O) groups is 1. The van der Waals surface area contributed by atoms with Crippen LogP contribution in [0.1, 0.15) is 59.5 Å². The van der Waals surface area contributed by atoms with Crippen molar-refractivity contribution >= 4 is 6.03 Å². The Morgan fingerprint density at radius 3 is 2.29 bits per heavy atom. The average molecular weight is 588 g/mol. The summed E-state index contributed by atoms with van der Waals surface area (Å²) in [5, 5.41) is 3.59. The number of likely N-dealkylation sites (tertiary alicyclic amines) is 1. The third-order valence-electron chi connectivity index (χ3n) is 8.06. The summed E-state index contributed by atoms with van der Waals surface area (Å²) in [6, 6.07) is 4.42. The molecule has 0 aromatic heterocycles. The van der Waals surface area contributed by atoms with Crippen LogP contribution >= 0.6 is 0 Å². The molecular weight excluding hydrogens is 555 g/mol. The Labute approximate surface area is 233 Å². The maximum absolute atomic E-state index is 14.0. The van der Waals surface area contributed by atoms with E-state index in [1.807, 2.05) is 0 Å². The molecule has 2 aromatic rings. The third kappa shape index (κ3) is 6.63. The molecular formula is C29H32F7N3O2. The summed E-state index contributed by atoms with van der Waals surface area (Å²) in [5.74, 6) is 0.154. The highest BCUT2D eigenvalue weighted by Crippen LogP contribution is 2.44. The molecule has 224 valence electrons. The Morgan fingerprint density at radius 1 is 1.10 bits per heavy atom. The summed E-state index contributed by atoms with van der Waals surface area (Å²) >= 11 is 0. The van der Waals surface area contributed by atoms with Gasteiger partial charge in [-0.3, -0.25) is 0 Å². The molecule has 2 aliphatic heterocycles. The normalized spacial score (nSPS) is 23.1. The zero-order valence-electron chi connectivity index (χ0n) is 22.9. The number of benzene rings is 2. The first-order chi connectivity index (χ1) is 19.0. The monoisotopic (exact) mass is 587 g/mol. The molecule has 0 bridgehead atoms. The summed E-state index contributed by atoms with van der Waals surface area (Å²) in [4.78, 5) is 16.4. The number of nitrogens with zero attached hydrogens (tertiary/aromatic N) is 2. The highest BCUT2D eigenvalue weighted by molar-refractivity contribution is 5.75. The van der Waals surface area contributed by atoms with Crippen LogP contribution in [0.25, 0.3) is 0 Å². The van der Waals surface area contributed by atoms with Crippen LogP contribution in [-0.2, 0) is 23.6 Å². The Hall–Kier alpha value is -3.28. The minimum Gasteiger partial charge on any atom is -0.500 e. The van der Waals surface area contributed by atoms with Crippen LogP contribution in [-0.4, -0.2) is 48.1 Å². The van der Waals surface area contributed by atoms with Crippen molar-refractivity contribution in [1.82, 2.24) is 15.1 Å². The van der Waals surface area contributed by atoms with Gasteiger partial charge in [0.2, 0.25) is 0 Å². The zero-order chi connectivity index (χ0) is 30.3. The fourth-order valence-electron chi connectivity index (χ4n) is 5.94. The second-order valence-electron chi connectivity index (χ2n) is 10.9. The fraction of sp³-hybridized carbons (Fsp3) is 0.483. The third-order valence-corrected chi connectivity index (χ3v) is 8.06. The van der Waals surface area contributed by atoms with Crippen molar-refractivity contribution in [2.75, 3.05) is 20.7 Å². The number of hydrogen-bond donors (Lipinski definition) is 1. The smallest absolute Gasteiger partial charge is 0.416 e. The molecule has 12 heteroatoms. The number of carbonyl (C=O) groups excluding carboxylic acids is 1. The Bertz CT molecular complexity index is 1280. The summed E-state index contributed by atoms with van der Waals surface area (Å²) < 4.78 is 99.5. The van der Waals surface area contributed by atoms with Gasteiger partial charge in [0.05, 0.1) is 30.3 Å². The molecule has 1 spiro atoms. The van der Waals surface area contributed by atoms with E-state index in [2.05, 4.69) is 11.9 Å². The fourth-order valence-corrected chi connectivity index (χ4v) is 5.94. The zero-order valence-corrected chi connectivity index (χ0v) is 22.9. The summed E-state index contributed by atoms with van der Waals surface area (Å²) in [6.45, 7) is 5.46. The Morgan fingerprint density at radius 2 is 1.73 bits per heavy atom. The van der Waals surface area contributed by atoms with Crippen LogP contribution in [0.15, 0.2) is 48.7 Å². The second-order valence-corrected chi connectivity index (χ2v) is 10.9. The molecule has 0 saturated carbocycles. The number of amides is 2. The van der Waals surface area contributed by atoms with Crippen molar-refractivity contribution in [2.24, 2.45) is 0 Å². The quantitative estimate of drug-likeness (QED) is 0.297. The summed E-state index contributed by atoms with van der Waals surface area (Å²) in [6.07, 6.45) is -7.42. The predicted molar refractivity (Wildman–Crippen MR) is 138 cm³/mol. The lowest BCUT2D eigenvalue weighted by molar-refractivity contribution is -0.143. The van der Waals surface area contributed by atoms with Gasteiger partial charge in [-0.05, 0) is 79.6 Å². The van der Waals surface area contributed by atoms with Gasteiger partial charge in [-0.2, -0.15) is 26.3 Å². The molecule has 4 rings (SSSR count). The summed E-state index contributed by atoms with van der Waals surface area (Å²) in [5.41, 5.74) is -2.22. The van der Waals surface area contributed by atoms with Crippen molar-refractivity contribution in [2.45, 2.75) is 69.1 Å². The number of piperidine rings is 1. The molecule has 5 nitrogen and oxygen atoms in total. The van der Waals surface area contributed by atoms with Crippen molar-refractivity contribution in [3.05, 3.63) is 82.4 Å². The molecule has 0 aliphatic carbocycles. The first-order valence-corrected chi connectivity index (χ1v) is 13.1. The van der Waals surface area contributed by atoms with E-state index in [9.17, 15) is 35.5 Å². The van der Waals surface area contributed by atoms with Gasteiger partial charge < -0.3 is 19.9 Å². The lowest BCUT2D eigenvalue weighted by Gasteiger charge is -2.47. The van der Waals surface area contributed by atoms with Gasteiger partial charge in [0.15, 0.2) is 0 Å². The number of methoxy groups -OCH3 is 1. The number of aryl methyl sites for hydroxylation is 1. The summed E-state index contributed by atoms with van der Waals surface area (Å²) in [7, 11) is 2.88. The van der Waals surface area contributed by atoms with E-state index in [1.54, 1.807) is 25.0 Å². The molecule has 0 unspecified atom stereocenters. The minimum absolute atomic E-state index is 0.0584. The number of urea groups is 1. The highest BCUT2D eigenvalue weighted by atomic mass is 19.4. The van der Waals surface area contributed by atoms with E-state index < -0.39 is 47.9 Å². The van der Waals surface area contributed by atoms with Crippen LogP contribution in [0.5, 0.6) is 0 Å². The second kappa shape index (κ2) is 11.2. The van der Waals surface area contributed by atoms with Crippen LogP contribution in [0.2, 0.25) is 0 Å². The number of nitrogens with one attached hydrogen (secondary N) is 1. The van der Waals surface area contributed by atoms with Crippen molar-refractivity contribution in [3.63, 3.8) is 0 Å². The van der Waals surface area contributed by atoms with E-state index >= 15 is 0 Å². The average Bonchev–Trinajstić information content (AvgIpc) is 3.29. The van der Waals surface area contributed by atoms with Gasteiger partial charge in [-0.1, -0.05) is 12.6 Å². The molecule has 3 atom stereocenters. The first-order valence-electron chi connectivity index (χ1n) is 13.1. The van der Waals surface area contributed by atoms with Crippen LogP contribution in [0, 0.1) is 12.7 Å². The lowest BCUT2D eigenvalue weighted by atomic mass is 9.79. The molecule has 2 aromatic carbocycles. The Balaban J connectivity index is 1.63. The van der Waals surface area contributed by atoms with Gasteiger partial charge in [-0.15, -0.1) is 0 Å². The molecule has 2 heterocycles. The molecule has 41 heavy (non-hydrogen) atoms. The SMILES string of the molecule is C=C(OC)[C@H]1CC[C@@]2(CCN(C(=O)N(C)Cc3cc(C(F)(F)F)cc(C(F)(F)F)c3)[C@@H](c3ccc(F)cc3C)C2)N1. The van der Waals surface area contributed by atoms with Crippen LogP contribution < -0.4 is 5.32 Å². The van der Waals surface area contributed by atoms with E-state index in [-0.39, 0.29) is 29.8 Å². The molecule has 1 N–H and O–H groups in total. The van der Waals surface area contributed by atoms with E-state index in [1.165, 1.54) is 19.2 Å². The molecule has 2 amide bonds. The van der Waals surface area contributed by atoms with Gasteiger partial charge in [0, 0.05) is 25.7 Å². The molecule has 2 fully saturated rings. The predicted octanol–water partition coefficient (Wildman–Crippen LogP) is 7.21. The van der Waals surface area contributed by atoms with E-state index in [0.717, 1.165) is 17.7 Å². The number of hydrogen-bond acceptors (Lipinski definition) is 3. The van der Waals surface area contributed by atoms with Crippen molar-refractivity contribution < 1.29 is 40.3 Å². The maximum Gasteiger partial charge on any atom is 0.416 e.